The molecular weight excluding hydrogens is 490 g/mol. The summed E-state index contributed by atoms with van der Waals surface area (Å²) in [5.41, 5.74) is 6.21. The highest BCUT2D eigenvalue weighted by Gasteiger charge is 2.26. The van der Waals surface area contributed by atoms with Crippen LogP contribution in [0, 0.1) is 5.92 Å². The standard InChI is InChI=1S/C31H37N5O3/c1-20-13-21(2)34-31(39)27(20)17-32-30(38)26-15-24(23-8-6-7-22(14-23)19-35(3)11-12-37)16-29-28(26)18-33-36(29)25-9-4-5-10-25/h6-8,13-16,18,25,27,37H,4-5,9-12,17,19H2,1-3H3,(H,32,38). The zero-order valence-corrected chi connectivity index (χ0v) is 23.0. The second kappa shape index (κ2) is 11.6. The molecule has 1 atom stereocenters. The molecule has 0 spiro atoms. The third-order valence-corrected chi connectivity index (χ3v) is 7.86. The lowest BCUT2D eigenvalue weighted by Gasteiger charge is -2.19. The molecular formula is C31H37N5O3. The van der Waals surface area contributed by atoms with Gasteiger partial charge in [0.15, 0.2) is 0 Å². The van der Waals surface area contributed by atoms with Crippen molar-refractivity contribution in [3.8, 4) is 11.1 Å². The molecule has 1 unspecified atom stereocenters. The summed E-state index contributed by atoms with van der Waals surface area (Å²) in [4.78, 5) is 32.3. The van der Waals surface area contributed by atoms with E-state index in [0.717, 1.165) is 46.0 Å². The Labute approximate surface area is 229 Å². The number of hydrogen-bond donors (Lipinski definition) is 2. The molecule has 0 saturated heterocycles. The molecule has 39 heavy (non-hydrogen) atoms. The molecule has 8 heteroatoms. The van der Waals surface area contributed by atoms with Crippen LogP contribution in [-0.2, 0) is 11.3 Å². The maximum atomic E-state index is 13.6. The minimum absolute atomic E-state index is 0.115. The van der Waals surface area contributed by atoms with E-state index in [4.69, 9.17) is 5.10 Å². The number of rotatable bonds is 9. The summed E-state index contributed by atoms with van der Waals surface area (Å²) in [5, 5.41) is 17.8. The number of amides is 2. The van der Waals surface area contributed by atoms with Gasteiger partial charge in [-0.2, -0.15) is 5.10 Å². The predicted molar refractivity (Wildman–Crippen MR) is 154 cm³/mol. The molecule has 1 aliphatic carbocycles. The minimum Gasteiger partial charge on any atom is -0.395 e. The Morgan fingerprint density at radius 3 is 2.69 bits per heavy atom. The van der Waals surface area contributed by atoms with E-state index in [9.17, 15) is 14.7 Å². The van der Waals surface area contributed by atoms with Gasteiger partial charge in [0.1, 0.15) is 0 Å². The summed E-state index contributed by atoms with van der Waals surface area (Å²) >= 11 is 0. The van der Waals surface area contributed by atoms with Crippen molar-refractivity contribution in [1.82, 2.24) is 20.0 Å². The normalized spacial score (nSPS) is 18.1. The summed E-state index contributed by atoms with van der Waals surface area (Å²) in [6, 6.07) is 12.7. The van der Waals surface area contributed by atoms with E-state index >= 15 is 0 Å². The molecule has 1 aromatic heterocycles. The van der Waals surface area contributed by atoms with Gasteiger partial charge < -0.3 is 10.4 Å². The van der Waals surface area contributed by atoms with Crippen LogP contribution in [-0.4, -0.2) is 64.1 Å². The largest absolute Gasteiger partial charge is 0.395 e. The first-order chi connectivity index (χ1) is 18.8. The van der Waals surface area contributed by atoms with Crippen LogP contribution < -0.4 is 5.32 Å². The monoisotopic (exact) mass is 527 g/mol. The Hall–Kier alpha value is -3.62. The van der Waals surface area contributed by atoms with Crippen molar-refractivity contribution >= 4 is 28.4 Å². The van der Waals surface area contributed by atoms with Crippen LogP contribution in [0.1, 0.15) is 61.5 Å². The van der Waals surface area contributed by atoms with Gasteiger partial charge in [-0.15, -0.1) is 0 Å². The fraction of sp³-hybridized carbons (Fsp3) is 0.419. The van der Waals surface area contributed by atoms with Crippen LogP contribution >= 0.6 is 0 Å². The average molecular weight is 528 g/mol. The Kier molecular flexibility index (Phi) is 8.04. The highest BCUT2D eigenvalue weighted by atomic mass is 16.3. The molecule has 2 N–H and O–H groups in total. The van der Waals surface area contributed by atoms with Crippen molar-refractivity contribution in [2.45, 2.75) is 52.1 Å². The average Bonchev–Trinajstić information content (AvgIpc) is 3.57. The van der Waals surface area contributed by atoms with Gasteiger partial charge in [-0.25, -0.2) is 4.99 Å². The topological polar surface area (TPSA) is 99.8 Å². The van der Waals surface area contributed by atoms with Gasteiger partial charge in [0.2, 0.25) is 0 Å². The van der Waals surface area contributed by atoms with Crippen molar-refractivity contribution in [3.05, 3.63) is 65.4 Å². The third kappa shape index (κ3) is 5.87. The number of aliphatic imine (C=N–C) groups is 1. The fourth-order valence-corrected chi connectivity index (χ4v) is 5.80. The number of nitrogens with zero attached hydrogens (tertiary/aromatic N) is 4. The quantitative estimate of drug-likeness (QED) is 0.426. The molecule has 2 amide bonds. The SMILES string of the molecule is CC1=CC(C)=NC(=O)C1CNC(=O)c1cc(-c2cccc(CN(C)CCO)c2)cc2c1cnn2C1CCCC1. The summed E-state index contributed by atoms with van der Waals surface area (Å²) in [7, 11) is 1.98. The highest BCUT2D eigenvalue weighted by Crippen LogP contribution is 2.35. The summed E-state index contributed by atoms with van der Waals surface area (Å²) < 4.78 is 2.09. The van der Waals surface area contributed by atoms with Crippen molar-refractivity contribution in [3.63, 3.8) is 0 Å². The number of allylic oxidation sites excluding steroid dienone is 1. The number of likely N-dealkylation sites (N-methyl/N-ethyl adjacent to an activating group) is 1. The van der Waals surface area contributed by atoms with E-state index in [0.29, 0.717) is 30.4 Å². The minimum atomic E-state index is -0.454. The summed E-state index contributed by atoms with van der Waals surface area (Å²) in [5.74, 6) is -0.896. The number of nitrogens with one attached hydrogen (secondary N) is 1. The van der Waals surface area contributed by atoms with Crippen LogP contribution in [0.15, 0.2) is 59.2 Å². The summed E-state index contributed by atoms with van der Waals surface area (Å²) in [6.07, 6.45) is 8.25. The molecule has 1 fully saturated rings. The number of fused-ring (bicyclic) bond motifs is 1. The Morgan fingerprint density at radius 2 is 1.95 bits per heavy atom. The number of aliphatic hydroxyl groups is 1. The van der Waals surface area contributed by atoms with Gasteiger partial charge in [-0.1, -0.05) is 36.6 Å². The van der Waals surface area contributed by atoms with E-state index in [1.54, 1.807) is 13.1 Å². The highest BCUT2D eigenvalue weighted by molar-refractivity contribution is 6.09. The number of aromatic nitrogens is 2. The van der Waals surface area contributed by atoms with Gasteiger partial charge in [-0.3, -0.25) is 19.2 Å². The molecule has 2 aromatic carbocycles. The van der Waals surface area contributed by atoms with Gasteiger partial charge in [-0.05, 0) is 74.7 Å². The van der Waals surface area contributed by atoms with Gasteiger partial charge >= 0.3 is 0 Å². The van der Waals surface area contributed by atoms with E-state index in [-0.39, 0.29) is 25.0 Å². The molecule has 1 saturated carbocycles. The molecule has 3 aromatic rings. The number of benzene rings is 2. The lowest BCUT2D eigenvalue weighted by Crippen LogP contribution is -2.34. The zero-order valence-electron chi connectivity index (χ0n) is 23.0. The Morgan fingerprint density at radius 1 is 1.15 bits per heavy atom. The lowest BCUT2D eigenvalue weighted by molar-refractivity contribution is -0.120. The van der Waals surface area contributed by atoms with Crippen LogP contribution in [0.25, 0.3) is 22.0 Å². The van der Waals surface area contributed by atoms with E-state index < -0.39 is 5.92 Å². The molecule has 204 valence electrons. The number of hydrogen-bond acceptors (Lipinski definition) is 5. The molecule has 8 nitrogen and oxygen atoms in total. The smallest absolute Gasteiger partial charge is 0.254 e. The maximum Gasteiger partial charge on any atom is 0.254 e. The molecule has 0 radical (unpaired) electrons. The molecule has 2 aliphatic rings. The number of aliphatic hydroxyl groups excluding tert-OH is 1. The Balaban J connectivity index is 1.49. The lowest BCUT2D eigenvalue weighted by atomic mass is 9.95. The van der Waals surface area contributed by atoms with Gasteiger partial charge in [0, 0.05) is 30.7 Å². The van der Waals surface area contributed by atoms with E-state index in [2.05, 4.69) is 44.2 Å². The second-order valence-corrected chi connectivity index (χ2v) is 10.9. The number of dihydropyridines is 1. The van der Waals surface area contributed by atoms with Crippen LogP contribution in [0.5, 0.6) is 0 Å². The fourth-order valence-electron chi connectivity index (χ4n) is 5.80. The molecule has 1 aliphatic heterocycles. The predicted octanol–water partition coefficient (Wildman–Crippen LogP) is 4.54. The molecule has 5 rings (SSSR count). The first-order valence-corrected chi connectivity index (χ1v) is 13.8. The van der Waals surface area contributed by atoms with Crippen molar-refractivity contribution < 1.29 is 14.7 Å². The number of carbonyl (C=O) groups is 2. The Bertz CT molecular complexity index is 1450. The van der Waals surface area contributed by atoms with Gasteiger partial charge in [0.25, 0.3) is 11.8 Å². The second-order valence-electron chi connectivity index (χ2n) is 10.9. The van der Waals surface area contributed by atoms with E-state index in [1.807, 2.05) is 32.2 Å². The molecule has 0 bridgehead atoms. The van der Waals surface area contributed by atoms with Crippen LogP contribution in [0.4, 0.5) is 0 Å². The first kappa shape index (κ1) is 27.0. The summed E-state index contributed by atoms with van der Waals surface area (Å²) in [6.45, 7) is 5.34. The van der Waals surface area contributed by atoms with Gasteiger partial charge in [0.05, 0.1) is 35.8 Å². The van der Waals surface area contributed by atoms with Crippen molar-refractivity contribution in [2.75, 3.05) is 26.7 Å². The maximum absolute atomic E-state index is 13.6. The molecule has 2 heterocycles. The number of carbonyl (C=O) groups excluding carboxylic acids is 2. The van der Waals surface area contributed by atoms with Crippen molar-refractivity contribution in [2.24, 2.45) is 10.9 Å². The van der Waals surface area contributed by atoms with Crippen LogP contribution in [0.3, 0.4) is 0 Å². The van der Waals surface area contributed by atoms with Crippen molar-refractivity contribution in [1.29, 1.82) is 0 Å². The first-order valence-electron chi connectivity index (χ1n) is 13.8. The van der Waals surface area contributed by atoms with Crippen LogP contribution in [0.2, 0.25) is 0 Å². The van der Waals surface area contributed by atoms with E-state index in [1.165, 1.54) is 12.8 Å². The zero-order chi connectivity index (χ0) is 27.5. The third-order valence-electron chi connectivity index (χ3n) is 7.86.